The molecule has 3 heteroatoms. The smallest absolute Gasteiger partial charge is 0.138 e. The first-order valence-corrected chi connectivity index (χ1v) is 16.6. The summed E-state index contributed by atoms with van der Waals surface area (Å²) in [5, 5.41) is 7.31. The highest BCUT2D eigenvalue weighted by molar-refractivity contribution is 6.33. The Kier molecular flexibility index (Phi) is 7.14. The van der Waals surface area contributed by atoms with Gasteiger partial charge >= 0.3 is 0 Å². The van der Waals surface area contributed by atoms with Crippen molar-refractivity contribution in [2.24, 2.45) is 0 Å². The third-order valence-corrected chi connectivity index (χ3v) is 9.33. The van der Waals surface area contributed by atoms with Crippen molar-refractivity contribution in [2.75, 3.05) is 4.90 Å². The van der Waals surface area contributed by atoms with Crippen molar-refractivity contribution >= 4 is 49.6 Å². The van der Waals surface area contributed by atoms with Gasteiger partial charge in [-0.1, -0.05) is 133 Å². The summed E-state index contributed by atoms with van der Waals surface area (Å²) < 4.78 is 0. The molecule has 0 amide bonds. The van der Waals surface area contributed by atoms with Crippen LogP contribution in [0, 0.1) is 0 Å². The van der Waals surface area contributed by atoms with Crippen LogP contribution in [-0.4, -0.2) is 9.97 Å². The SMILES string of the molecule is c1ccc(-c2cc(-c3ccccc3)c3c4ccccc4c4cc(N(c5ccccn5)c5ccccn5)ccc4c3c2-c2ccccc2)cc1. The Hall–Kier alpha value is -6.58. The molecule has 7 aromatic carbocycles. The number of aromatic nitrogens is 2. The molecule has 0 bridgehead atoms. The molecule has 9 aromatic rings. The molecule has 0 spiro atoms. The van der Waals surface area contributed by atoms with E-state index in [0.29, 0.717) is 0 Å². The molecule has 0 saturated heterocycles. The summed E-state index contributed by atoms with van der Waals surface area (Å²) in [5.41, 5.74) is 8.24. The number of rotatable bonds is 6. The molecule has 0 radical (unpaired) electrons. The molecule has 0 atom stereocenters. The van der Waals surface area contributed by atoms with Crippen molar-refractivity contribution in [3.05, 3.63) is 188 Å². The fourth-order valence-electron chi connectivity index (χ4n) is 7.23. The molecular formula is C46H31N3. The summed E-state index contributed by atoms with van der Waals surface area (Å²) in [6.07, 6.45) is 3.66. The zero-order valence-electron chi connectivity index (χ0n) is 26.7. The maximum Gasteiger partial charge on any atom is 0.138 e. The van der Waals surface area contributed by atoms with Crippen molar-refractivity contribution < 1.29 is 0 Å². The third kappa shape index (κ3) is 5.00. The molecule has 0 saturated carbocycles. The Balaban J connectivity index is 1.47. The van der Waals surface area contributed by atoms with Crippen LogP contribution in [0.15, 0.2) is 188 Å². The lowest BCUT2D eigenvalue weighted by atomic mass is 9.81. The van der Waals surface area contributed by atoms with Gasteiger partial charge in [0.05, 0.1) is 0 Å². The minimum Gasteiger partial charge on any atom is -0.279 e. The van der Waals surface area contributed by atoms with Gasteiger partial charge in [0.2, 0.25) is 0 Å². The average molecular weight is 626 g/mol. The van der Waals surface area contributed by atoms with E-state index < -0.39 is 0 Å². The lowest BCUT2D eigenvalue weighted by Gasteiger charge is -2.25. The molecule has 230 valence electrons. The topological polar surface area (TPSA) is 29.0 Å². The Morgan fingerprint density at radius 1 is 0.347 bits per heavy atom. The van der Waals surface area contributed by atoms with Crippen LogP contribution in [0.3, 0.4) is 0 Å². The van der Waals surface area contributed by atoms with E-state index in [4.69, 9.17) is 9.97 Å². The second kappa shape index (κ2) is 12.2. The fraction of sp³-hybridized carbons (Fsp3) is 0. The van der Waals surface area contributed by atoms with Crippen molar-refractivity contribution in [1.82, 2.24) is 9.97 Å². The lowest BCUT2D eigenvalue weighted by Crippen LogP contribution is -2.12. The largest absolute Gasteiger partial charge is 0.279 e. The Labute approximate surface area is 285 Å². The molecule has 2 heterocycles. The minimum absolute atomic E-state index is 0.813. The van der Waals surface area contributed by atoms with Crippen LogP contribution in [0.2, 0.25) is 0 Å². The summed E-state index contributed by atoms with van der Waals surface area (Å²) in [6, 6.07) is 62.5. The fourth-order valence-corrected chi connectivity index (χ4v) is 7.23. The van der Waals surface area contributed by atoms with Crippen LogP contribution in [0.25, 0.3) is 65.7 Å². The molecule has 49 heavy (non-hydrogen) atoms. The monoisotopic (exact) mass is 625 g/mol. The number of anilines is 3. The normalized spacial score (nSPS) is 11.3. The first kappa shape index (κ1) is 28.6. The van der Waals surface area contributed by atoms with Crippen molar-refractivity contribution in [3.8, 4) is 33.4 Å². The highest BCUT2D eigenvalue weighted by atomic mass is 15.2. The van der Waals surface area contributed by atoms with E-state index in [2.05, 4.69) is 144 Å². The van der Waals surface area contributed by atoms with Gasteiger partial charge in [-0.25, -0.2) is 9.97 Å². The number of hydrogen-bond acceptors (Lipinski definition) is 3. The van der Waals surface area contributed by atoms with Crippen molar-refractivity contribution in [3.63, 3.8) is 0 Å². The number of nitrogens with zero attached hydrogens (tertiary/aromatic N) is 3. The number of hydrogen-bond donors (Lipinski definition) is 0. The van der Waals surface area contributed by atoms with Crippen LogP contribution in [-0.2, 0) is 0 Å². The van der Waals surface area contributed by atoms with Gasteiger partial charge in [0.1, 0.15) is 11.6 Å². The molecule has 0 fully saturated rings. The quantitative estimate of drug-likeness (QED) is 0.172. The van der Waals surface area contributed by atoms with Crippen LogP contribution < -0.4 is 4.90 Å². The maximum absolute atomic E-state index is 4.75. The average Bonchev–Trinajstić information content (AvgIpc) is 3.19. The molecule has 0 N–H and O–H groups in total. The minimum atomic E-state index is 0.813. The van der Waals surface area contributed by atoms with E-state index in [1.807, 2.05) is 48.8 Å². The maximum atomic E-state index is 4.75. The Bertz CT molecular complexity index is 2530. The van der Waals surface area contributed by atoms with Crippen LogP contribution >= 0.6 is 0 Å². The highest BCUT2D eigenvalue weighted by Crippen LogP contribution is 2.49. The van der Waals surface area contributed by atoms with E-state index in [1.165, 1.54) is 65.7 Å². The van der Waals surface area contributed by atoms with Crippen molar-refractivity contribution in [2.45, 2.75) is 0 Å². The molecule has 0 aliphatic carbocycles. The zero-order chi connectivity index (χ0) is 32.6. The molecule has 2 aromatic heterocycles. The number of fused-ring (bicyclic) bond motifs is 6. The van der Waals surface area contributed by atoms with E-state index in [9.17, 15) is 0 Å². The highest BCUT2D eigenvalue weighted by Gasteiger charge is 2.23. The number of pyridine rings is 2. The number of benzene rings is 7. The van der Waals surface area contributed by atoms with E-state index >= 15 is 0 Å². The molecular weight excluding hydrogens is 595 g/mol. The molecule has 0 aliphatic rings. The van der Waals surface area contributed by atoms with E-state index in [0.717, 1.165) is 17.3 Å². The summed E-state index contributed by atoms with van der Waals surface area (Å²) in [6.45, 7) is 0. The Morgan fingerprint density at radius 3 is 1.45 bits per heavy atom. The van der Waals surface area contributed by atoms with Gasteiger partial charge in [0.15, 0.2) is 0 Å². The molecule has 0 aliphatic heterocycles. The summed E-state index contributed by atoms with van der Waals surface area (Å²) >= 11 is 0. The van der Waals surface area contributed by atoms with Gasteiger partial charge in [-0.05, 0) is 108 Å². The first-order valence-electron chi connectivity index (χ1n) is 16.6. The van der Waals surface area contributed by atoms with Gasteiger partial charge < -0.3 is 0 Å². The molecule has 0 unspecified atom stereocenters. The van der Waals surface area contributed by atoms with Gasteiger partial charge in [0.25, 0.3) is 0 Å². The summed E-state index contributed by atoms with van der Waals surface area (Å²) in [5.74, 6) is 1.63. The predicted octanol–water partition coefficient (Wildman–Crippen LogP) is 12.4. The molecule has 9 rings (SSSR count). The molecule has 3 nitrogen and oxygen atoms in total. The second-order valence-electron chi connectivity index (χ2n) is 12.2. The summed E-state index contributed by atoms with van der Waals surface area (Å²) in [4.78, 5) is 11.6. The second-order valence-corrected chi connectivity index (χ2v) is 12.2. The van der Waals surface area contributed by atoms with Crippen LogP contribution in [0.1, 0.15) is 0 Å². The van der Waals surface area contributed by atoms with Crippen LogP contribution in [0.4, 0.5) is 17.3 Å². The van der Waals surface area contributed by atoms with E-state index in [1.54, 1.807) is 0 Å². The predicted molar refractivity (Wildman–Crippen MR) is 206 cm³/mol. The zero-order valence-corrected chi connectivity index (χ0v) is 26.7. The van der Waals surface area contributed by atoms with Gasteiger partial charge in [-0.2, -0.15) is 0 Å². The summed E-state index contributed by atoms with van der Waals surface area (Å²) in [7, 11) is 0. The Morgan fingerprint density at radius 2 is 0.857 bits per heavy atom. The van der Waals surface area contributed by atoms with Gasteiger partial charge in [-0.15, -0.1) is 0 Å². The van der Waals surface area contributed by atoms with Gasteiger partial charge in [-0.3, -0.25) is 4.90 Å². The standard InChI is InChI=1S/C46H31N3/c1-4-16-32(17-5-1)39-31-40(33-18-6-2-7-19-33)45-37-23-11-10-22-36(37)41-30-35(26-27-38(41)46(45)44(39)34-20-8-3-9-21-34)49(42-24-12-14-28-47-42)43-25-13-15-29-48-43/h1-31H. The van der Waals surface area contributed by atoms with E-state index in [-0.39, 0.29) is 0 Å². The van der Waals surface area contributed by atoms with Crippen molar-refractivity contribution in [1.29, 1.82) is 0 Å². The lowest BCUT2D eigenvalue weighted by molar-refractivity contribution is 1.13. The first-order chi connectivity index (χ1) is 24.3. The van der Waals surface area contributed by atoms with Crippen LogP contribution in [0.5, 0.6) is 0 Å². The van der Waals surface area contributed by atoms with Gasteiger partial charge in [0, 0.05) is 18.1 Å². The third-order valence-electron chi connectivity index (χ3n) is 9.33.